The van der Waals surface area contributed by atoms with E-state index in [1.165, 1.54) is 0 Å². The van der Waals surface area contributed by atoms with Gasteiger partial charge in [0, 0.05) is 49.3 Å². The number of nitrogens with zero attached hydrogens (tertiary/aromatic N) is 2. The predicted octanol–water partition coefficient (Wildman–Crippen LogP) is 5.18. The molecule has 3 aromatic carbocycles. The summed E-state index contributed by atoms with van der Waals surface area (Å²) in [6.07, 6.45) is 3.75. The number of aryl methyl sites for hydroxylation is 1. The Morgan fingerprint density at radius 1 is 1.00 bits per heavy atom. The summed E-state index contributed by atoms with van der Waals surface area (Å²) in [7, 11) is 1.98. The van der Waals surface area contributed by atoms with Crippen LogP contribution in [0, 0.1) is 0 Å². The number of amides is 1. The molecule has 7 nitrogen and oxygen atoms in total. The average Bonchev–Trinajstić information content (AvgIpc) is 3.39. The molecule has 8 heteroatoms. The molecule has 3 unspecified atom stereocenters. The monoisotopic (exact) mass is 529 g/mol. The molecular formula is C30H31N3O4S. The van der Waals surface area contributed by atoms with Gasteiger partial charge in [-0.15, -0.1) is 0 Å². The van der Waals surface area contributed by atoms with Crippen molar-refractivity contribution in [2.24, 2.45) is 7.05 Å². The number of benzene rings is 3. The Labute approximate surface area is 226 Å². The van der Waals surface area contributed by atoms with Crippen LogP contribution in [0.2, 0.25) is 0 Å². The summed E-state index contributed by atoms with van der Waals surface area (Å²) in [5, 5.41) is 13.3. The van der Waals surface area contributed by atoms with Crippen molar-refractivity contribution in [3.8, 4) is 0 Å². The lowest BCUT2D eigenvalue weighted by Crippen LogP contribution is -2.31. The standard InChI is InChI=1S/C30H31N3O4S/c1-33-16-15-31-30(33)38-20-26-17-27(23-11-9-22(19-34)10-12-23)37-29(36-26)25-13-7-21(8-14-25)18-32-28(35)24-5-3-2-4-6-24/h2-16,26-27,29,34H,17-20H2,1H3,(H,32,35). The largest absolute Gasteiger partial charge is 0.392 e. The van der Waals surface area contributed by atoms with Crippen LogP contribution < -0.4 is 5.32 Å². The fraction of sp³-hybridized carbons (Fsp3) is 0.267. The Bertz CT molecular complexity index is 1330. The second kappa shape index (κ2) is 12.4. The molecule has 0 bridgehead atoms. The van der Waals surface area contributed by atoms with E-state index in [0.29, 0.717) is 12.1 Å². The minimum atomic E-state index is -0.522. The summed E-state index contributed by atoms with van der Waals surface area (Å²) in [5.74, 6) is 0.649. The number of aromatic nitrogens is 2. The highest BCUT2D eigenvalue weighted by Gasteiger charge is 2.32. The number of carbonyl (C=O) groups is 1. The van der Waals surface area contributed by atoms with Crippen LogP contribution in [-0.2, 0) is 29.7 Å². The maximum atomic E-state index is 12.4. The number of rotatable bonds is 9. The van der Waals surface area contributed by atoms with Crippen LogP contribution in [0.25, 0.3) is 0 Å². The van der Waals surface area contributed by atoms with Crippen molar-refractivity contribution >= 4 is 17.7 Å². The first-order valence-corrected chi connectivity index (χ1v) is 13.6. The molecule has 0 radical (unpaired) electrons. The topological polar surface area (TPSA) is 85.6 Å². The second-order valence-electron chi connectivity index (χ2n) is 9.27. The van der Waals surface area contributed by atoms with E-state index in [-0.39, 0.29) is 24.7 Å². The first kappa shape index (κ1) is 26.2. The summed E-state index contributed by atoms with van der Waals surface area (Å²) >= 11 is 1.67. The van der Waals surface area contributed by atoms with Crippen molar-refractivity contribution in [2.75, 3.05) is 5.75 Å². The van der Waals surface area contributed by atoms with Gasteiger partial charge in [-0.05, 0) is 28.8 Å². The molecule has 38 heavy (non-hydrogen) atoms. The minimum Gasteiger partial charge on any atom is -0.392 e. The molecule has 1 aliphatic rings. The fourth-order valence-electron chi connectivity index (χ4n) is 4.35. The first-order valence-electron chi connectivity index (χ1n) is 12.6. The molecule has 0 saturated carbocycles. The quantitative estimate of drug-likeness (QED) is 0.291. The molecule has 2 N–H and O–H groups in total. The molecule has 1 aromatic heterocycles. The smallest absolute Gasteiger partial charge is 0.251 e. The number of aliphatic hydroxyl groups excluding tert-OH is 1. The van der Waals surface area contributed by atoms with Gasteiger partial charge < -0.3 is 24.5 Å². The first-order chi connectivity index (χ1) is 18.6. The number of nitrogens with one attached hydrogen (secondary N) is 1. The molecule has 1 fully saturated rings. The van der Waals surface area contributed by atoms with Crippen molar-refractivity contribution in [1.82, 2.24) is 14.9 Å². The second-order valence-corrected chi connectivity index (χ2v) is 10.3. The number of ether oxygens (including phenoxy) is 2. The molecule has 4 aromatic rings. The van der Waals surface area contributed by atoms with Gasteiger partial charge >= 0.3 is 0 Å². The number of thioether (sulfide) groups is 1. The summed E-state index contributed by atoms with van der Waals surface area (Å²) < 4.78 is 14.8. The van der Waals surface area contributed by atoms with Crippen LogP contribution in [0.5, 0.6) is 0 Å². The number of hydrogen-bond acceptors (Lipinski definition) is 6. The highest BCUT2D eigenvalue weighted by atomic mass is 32.2. The van der Waals surface area contributed by atoms with Crippen LogP contribution >= 0.6 is 11.8 Å². The van der Waals surface area contributed by atoms with Crippen molar-refractivity contribution in [1.29, 1.82) is 0 Å². The van der Waals surface area contributed by atoms with Gasteiger partial charge in [0.1, 0.15) is 0 Å². The Balaban J connectivity index is 1.27. The van der Waals surface area contributed by atoms with E-state index in [4.69, 9.17) is 9.47 Å². The third kappa shape index (κ3) is 6.52. The van der Waals surface area contributed by atoms with Gasteiger partial charge in [0.2, 0.25) is 0 Å². The minimum absolute atomic E-state index is 0.0125. The van der Waals surface area contributed by atoms with Gasteiger partial charge in [-0.2, -0.15) is 0 Å². The zero-order valence-electron chi connectivity index (χ0n) is 21.2. The van der Waals surface area contributed by atoms with E-state index in [0.717, 1.165) is 39.6 Å². The van der Waals surface area contributed by atoms with Gasteiger partial charge in [-0.1, -0.05) is 78.5 Å². The number of imidazole rings is 1. The zero-order chi connectivity index (χ0) is 26.3. The van der Waals surface area contributed by atoms with Gasteiger partial charge in [-0.25, -0.2) is 4.98 Å². The lowest BCUT2D eigenvalue weighted by molar-refractivity contribution is -0.245. The van der Waals surface area contributed by atoms with Crippen molar-refractivity contribution in [3.05, 3.63) is 119 Å². The highest BCUT2D eigenvalue weighted by Crippen LogP contribution is 2.39. The maximum absolute atomic E-state index is 12.4. The maximum Gasteiger partial charge on any atom is 0.251 e. The van der Waals surface area contributed by atoms with Crippen LogP contribution in [0.3, 0.4) is 0 Å². The molecule has 2 heterocycles. The van der Waals surface area contributed by atoms with Crippen LogP contribution in [0.15, 0.2) is 96.4 Å². The molecule has 0 aliphatic carbocycles. The molecule has 1 amide bonds. The molecular weight excluding hydrogens is 498 g/mol. The van der Waals surface area contributed by atoms with Gasteiger partial charge in [-0.3, -0.25) is 4.79 Å². The van der Waals surface area contributed by atoms with Gasteiger partial charge in [0.05, 0.1) is 18.8 Å². The molecule has 5 rings (SSSR count). The van der Waals surface area contributed by atoms with E-state index in [1.54, 1.807) is 30.1 Å². The normalized spacial score (nSPS) is 19.3. The van der Waals surface area contributed by atoms with E-state index >= 15 is 0 Å². The summed E-state index contributed by atoms with van der Waals surface area (Å²) in [6.45, 7) is 0.446. The Hall–Kier alpha value is -3.43. The summed E-state index contributed by atoms with van der Waals surface area (Å²) in [6, 6.07) is 25.0. The van der Waals surface area contributed by atoms with Crippen LogP contribution in [0.4, 0.5) is 0 Å². The lowest BCUT2D eigenvalue weighted by Gasteiger charge is -2.36. The predicted molar refractivity (Wildman–Crippen MR) is 146 cm³/mol. The summed E-state index contributed by atoms with van der Waals surface area (Å²) in [4.78, 5) is 16.8. The third-order valence-corrected chi connectivity index (χ3v) is 7.72. The van der Waals surface area contributed by atoms with E-state index in [9.17, 15) is 9.90 Å². The van der Waals surface area contributed by atoms with Gasteiger partial charge in [0.15, 0.2) is 11.4 Å². The molecule has 1 saturated heterocycles. The van der Waals surface area contributed by atoms with Crippen molar-refractivity contribution < 1.29 is 19.4 Å². The number of hydrogen-bond donors (Lipinski definition) is 2. The zero-order valence-corrected chi connectivity index (χ0v) is 22.0. The van der Waals surface area contributed by atoms with E-state index in [1.807, 2.05) is 84.5 Å². The SMILES string of the molecule is Cn1ccnc1SCC1CC(c2ccc(CO)cc2)OC(c2ccc(CNC(=O)c3ccccc3)cc2)O1. The molecule has 3 atom stereocenters. The van der Waals surface area contributed by atoms with Crippen LogP contribution in [0.1, 0.15) is 51.4 Å². The Morgan fingerprint density at radius 2 is 1.71 bits per heavy atom. The lowest BCUT2D eigenvalue weighted by atomic mass is 10.0. The Kier molecular flexibility index (Phi) is 8.55. The number of aliphatic hydroxyl groups is 1. The third-order valence-electron chi connectivity index (χ3n) is 6.53. The number of carbonyl (C=O) groups excluding carboxylic acids is 1. The van der Waals surface area contributed by atoms with Crippen molar-refractivity contribution in [2.45, 2.75) is 43.2 Å². The average molecular weight is 530 g/mol. The van der Waals surface area contributed by atoms with Gasteiger partial charge in [0.25, 0.3) is 5.91 Å². The summed E-state index contributed by atoms with van der Waals surface area (Å²) in [5.41, 5.74) is 4.48. The van der Waals surface area contributed by atoms with Crippen molar-refractivity contribution in [3.63, 3.8) is 0 Å². The highest BCUT2D eigenvalue weighted by molar-refractivity contribution is 7.99. The Morgan fingerprint density at radius 3 is 2.39 bits per heavy atom. The molecule has 0 spiro atoms. The molecule has 1 aliphatic heterocycles. The van der Waals surface area contributed by atoms with Crippen LogP contribution in [-0.4, -0.2) is 32.4 Å². The van der Waals surface area contributed by atoms with E-state index < -0.39 is 6.29 Å². The molecule has 196 valence electrons. The fourth-order valence-corrected chi connectivity index (χ4v) is 5.30. The van der Waals surface area contributed by atoms with E-state index in [2.05, 4.69) is 10.3 Å².